The molecule has 0 aliphatic rings. The molecule has 1 rings (SSSR count). The summed E-state index contributed by atoms with van der Waals surface area (Å²) in [5, 5.41) is 3.11. The molecule has 0 amide bonds. The Balaban J connectivity index is 2.91. The average molecular weight is 332 g/mol. The highest BCUT2D eigenvalue weighted by Crippen LogP contribution is 2.20. The molecule has 0 aliphatic heterocycles. The first-order chi connectivity index (χ1) is 9.93. The molecule has 1 atom stereocenters. The Kier molecular flexibility index (Phi) is 7.48. The van der Waals surface area contributed by atoms with Crippen molar-refractivity contribution < 1.29 is 8.42 Å². The fourth-order valence-electron chi connectivity index (χ4n) is 1.79. The molecule has 1 aromatic heterocycles. The Labute approximate surface area is 132 Å². The van der Waals surface area contributed by atoms with Gasteiger partial charge in [0.1, 0.15) is 5.82 Å². The quantitative estimate of drug-likeness (QED) is 0.754. The van der Waals surface area contributed by atoms with Crippen LogP contribution < -0.4 is 5.32 Å². The summed E-state index contributed by atoms with van der Waals surface area (Å²) in [4.78, 5) is 4.43. The number of pyridine rings is 1. The second-order valence-corrected chi connectivity index (χ2v) is 7.94. The third kappa shape index (κ3) is 5.16. The third-order valence-corrected chi connectivity index (χ3v) is 5.94. The van der Waals surface area contributed by atoms with E-state index in [0.717, 1.165) is 25.1 Å². The number of rotatable bonds is 9. The zero-order valence-corrected chi connectivity index (χ0v) is 14.8. The van der Waals surface area contributed by atoms with Gasteiger partial charge in [-0.3, -0.25) is 0 Å². The number of anilines is 1. The van der Waals surface area contributed by atoms with Crippen molar-refractivity contribution in [2.75, 3.05) is 30.9 Å². The highest BCUT2D eigenvalue weighted by Gasteiger charge is 2.25. The van der Waals surface area contributed by atoms with E-state index >= 15 is 0 Å². The molecule has 7 heteroatoms. The number of thioether (sulfide) groups is 1. The van der Waals surface area contributed by atoms with E-state index in [1.54, 1.807) is 30.9 Å². The van der Waals surface area contributed by atoms with Crippen molar-refractivity contribution in [1.82, 2.24) is 9.29 Å². The molecule has 1 aromatic rings. The standard InChI is InChI=1S/C14H25N3O2S2/c1-5-8-15-14-11-13(6-9-16-14)21(18,19)17(3)12(2)7-10-20-4/h6,9,11-12H,5,7-8,10H2,1-4H3,(H,15,16). The molecule has 0 spiro atoms. The predicted octanol–water partition coefficient (Wildman–Crippen LogP) is 2.67. The largest absolute Gasteiger partial charge is 0.370 e. The summed E-state index contributed by atoms with van der Waals surface area (Å²) in [6, 6.07) is 3.12. The normalized spacial score (nSPS) is 13.4. The number of hydrogen-bond donors (Lipinski definition) is 1. The molecule has 0 fully saturated rings. The monoisotopic (exact) mass is 331 g/mol. The van der Waals surface area contributed by atoms with E-state index in [-0.39, 0.29) is 10.9 Å². The van der Waals surface area contributed by atoms with Crippen LogP contribution in [0.4, 0.5) is 5.82 Å². The molecular weight excluding hydrogens is 306 g/mol. The molecule has 5 nitrogen and oxygen atoms in total. The van der Waals surface area contributed by atoms with Gasteiger partial charge in [-0.1, -0.05) is 6.92 Å². The van der Waals surface area contributed by atoms with Crippen molar-refractivity contribution in [2.45, 2.75) is 37.6 Å². The fourth-order valence-corrected chi connectivity index (χ4v) is 3.78. The first-order valence-corrected chi connectivity index (χ1v) is 9.93. The smallest absolute Gasteiger partial charge is 0.243 e. The van der Waals surface area contributed by atoms with Gasteiger partial charge >= 0.3 is 0 Å². The zero-order chi connectivity index (χ0) is 15.9. The summed E-state index contributed by atoms with van der Waals surface area (Å²) in [7, 11) is -1.83. The Morgan fingerprint density at radius 3 is 2.81 bits per heavy atom. The van der Waals surface area contributed by atoms with Crippen molar-refractivity contribution >= 4 is 27.6 Å². The van der Waals surface area contributed by atoms with Crippen molar-refractivity contribution in [3.63, 3.8) is 0 Å². The second kappa shape index (κ2) is 8.60. The lowest BCUT2D eigenvalue weighted by molar-refractivity contribution is 0.382. The molecule has 120 valence electrons. The summed E-state index contributed by atoms with van der Waals surface area (Å²) in [5.41, 5.74) is 0. The Morgan fingerprint density at radius 2 is 2.19 bits per heavy atom. The van der Waals surface area contributed by atoms with Crippen LogP contribution in [-0.4, -0.2) is 49.3 Å². The van der Waals surface area contributed by atoms with Gasteiger partial charge in [0.2, 0.25) is 10.0 Å². The Morgan fingerprint density at radius 1 is 1.48 bits per heavy atom. The molecule has 0 aromatic carbocycles. The minimum absolute atomic E-state index is 0.0253. The van der Waals surface area contributed by atoms with E-state index in [1.165, 1.54) is 10.5 Å². The molecule has 1 heterocycles. The van der Waals surface area contributed by atoms with Gasteiger partial charge in [-0.25, -0.2) is 13.4 Å². The molecule has 0 saturated carbocycles. The lowest BCUT2D eigenvalue weighted by atomic mass is 10.3. The number of sulfonamides is 1. The van der Waals surface area contributed by atoms with Gasteiger partial charge in [0.15, 0.2) is 0 Å². The van der Waals surface area contributed by atoms with Crippen LogP contribution in [0.1, 0.15) is 26.7 Å². The van der Waals surface area contributed by atoms with Crippen LogP contribution in [0.25, 0.3) is 0 Å². The van der Waals surface area contributed by atoms with E-state index in [2.05, 4.69) is 17.2 Å². The highest BCUT2D eigenvalue weighted by molar-refractivity contribution is 7.98. The van der Waals surface area contributed by atoms with Crippen LogP contribution in [0, 0.1) is 0 Å². The minimum Gasteiger partial charge on any atom is -0.370 e. The average Bonchev–Trinajstić information content (AvgIpc) is 2.50. The summed E-state index contributed by atoms with van der Waals surface area (Å²) < 4.78 is 26.7. The number of nitrogens with one attached hydrogen (secondary N) is 1. The van der Waals surface area contributed by atoms with Gasteiger partial charge in [0.25, 0.3) is 0 Å². The van der Waals surface area contributed by atoms with E-state index in [0.29, 0.717) is 5.82 Å². The van der Waals surface area contributed by atoms with Crippen molar-refractivity contribution in [2.24, 2.45) is 0 Å². The van der Waals surface area contributed by atoms with Crippen molar-refractivity contribution in [1.29, 1.82) is 0 Å². The molecular formula is C14H25N3O2S2. The molecule has 0 saturated heterocycles. The number of nitrogens with zero attached hydrogens (tertiary/aromatic N) is 2. The van der Waals surface area contributed by atoms with Crippen molar-refractivity contribution in [3.05, 3.63) is 18.3 Å². The maximum atomic E-state index is 12.6. The summed E-state index contributed by atoms with van der Waals surface area (Å²) in [6.07, 6.45) is 5.36. The lowest BCUT2D eigenvalue weighted by Crippen LogP contribution is -2.35. The first-order valence-electron chi connectivity index (χ1n) is 7.10. The van der Waals surface area contributed by atoms with Crippen molar-refractivity contribution in [3.8, 4) is 0 Å². The van der Waals surface area contributed by atoms with Crippen LogP contribution in [0.15, 0.2) is 23.2 Å². The van der Waals surface area contributed by atoms with Gasteiger partial charge < -0.3 is 5.32 Å². The minimum atomic E-state index is -3.47. The van der Waals surface area contributed by atoms with Gasteiger partial charge in [-0.05, 0) is 37.8 Å². The summed E-state index contributed by atoms with van der Waals surface area (Å²) >= 11 is 1.72. The molecule has 21 heavy (non-hydrogen) atoms. The molecule has 1 N–H and O–H groups in total. The Bertz CT molecular complexity index is 535. The second-order valence-electron chi connectivity index (χ2n) is 4.96. The number of hydrogen-bond acceptors (Lipinski definition) is 5. The van der Waals surface area contributed by atoms with Gasteiger partial charge in [-0.15, -0.1) is 0 Å². The summed E-state index contributed by atoms with van der Waals surface area (Å²) in [5.74, 6) is 1.55. The van der Waals surface area contributed by atoms with Crippen LogP contribution in [0.3, 0.4) is 0 Å². The SMILES string of the molecule is CCCNc1cc(S(=O)(=O)N(C)C(C)CCSC)ccn1. The lowest BCUT2D eigenvalue weighted by Gasteiger charge is -2.24. The maximum Gasteiger partial charge on any atom is 0.243 e. The molecule has 0 bridgehead atoms. The van der Waals surface area contributed by atoms with E-state index < -0.39 is 10.0 Å². The number of aromatic nitrogens is 1. The van der Waals surface area contributed by atoms with E-state index in [4.69, 9.17) is 0 Å². The molecule has 0 aliphatic carbocycles. The van der Waals surface area contributed by atoms with Gasteiger partial charge in [0, 0.05) is 31.9 Å². The predicted molar refractivity (Wildman–Crippen MR) is 90.4 cm³/mol. The van der Waals surface area contributed by atoms with E-state index in [1.807, 2.05) is 13.2 Å². The maximum absolute atomic E-state index is 12.6. The topological polar surface area (TPSA) is 62.3 Å². The van der Waals surface area contributed by atoms with E-state index in [9.17, 15) is 8.42 Å². The van der Waals surface area contributed by atoms with Gasteiger partial charge in [-0.2, -0.15) is 16.1 Å². The van der Waals surface area contributed by atoms with Crippen LogP contribution in [-0.2, 0) is 10.0 Å². The molecule has 0 radical (unpaired) electrons. The summed E-state index contributed by atoms with van der Waals surface area (Å²) in [6.45, 7) is 4.76. The highest BCUT2D eigenvalue weighted by atomic mass is 32.2. The van der Waals surface area contributed by atoms with Crippen LogP contribution in [0.2, 0.25) is 0 Å². The third-order valence-electron chi connectivity index (χ3n) is 3.32. The zero-order valence-electron chi connectivity index (χ0n) is 13.2. The molecule has 1 unspecified atom stereocenters. The Hall–Kier alpha value is -0.790. The van der Waals surface area contributed by atoms with Gasteiger partial charge in [0.05, 0.1) is 4.90 Å². The first kappa shape index (κ1) is 18.3. The van der Waals surface area contributed by atoms with Crippen LogP contribution >= 0.6 is 11.8 Å². The fraction of sp³-hybridized carbons (Fsp3) is 0.643. The van der Waals surface area contributed by atoms with Crippen LogP contribution in [0.5, 0.6) is 0 Å².